The molecule has 0 aliphatic carbocycles. The summed E-state index contributed by atoms with van der Waals surface area (Å²) in [5, 5.41) is 9.11. The molecule has 2 aromatic rings. The predicted octanol–water partition coefficient (Wildman–Crippen LogP) is 4.87. The molecule has 0 aliphatic rings. The molecule has 0 amide bonds. The van der Waals surface area contributed by atoms with Gasteiger partial charge in [-0.3, -0.25) is 0 Å². The lowest BCUT2D eigenvalue weighted by Crippen LogP contribution is -2.13. The number of thioether (sulfide) groups is 2. The Morgan fingerprint density at radius 2 is 1.53 bits per heavy atom. The summed E-state index contributed by atoms with van der Waals surface area (Å²) in [7, 11) is 0. The molecule has 2 rings (SSSR count). The third-order valence-corrected chi connectivity index (χ3v) is 5.97. The standard InChI is InChI=1S/C23H26O5S2/c1-2-18-7-9-19(10-8-18)17-30-15-12-27-11-14-29-16-13-28-23(26)21-6-4-3-5-20(21)22(24)25/h2-10H,1,11-17H2,(H,24,25). The molecule has 0 saturated carbocycles. The minimum absolute atomic E-state index is 0.0461. The lowest BCUT2D eigenvalue weighted by atomic mass is 10.1. The second-order valence-electron chi connectivity index (χ2n) is 6.21. The molecule has 0 bridgehead atoms. The van der Waals surface area contributed by atoms with Gasteiger partial charge < -0.3 is 14.6 Å². The van der Waals surface area contributed by atoms with Crippen LogP contribution in [0.1, 0.15) is 31.8 Å². The van der Waals surface area contributed by atoms with Crippen LogP contribution in [-0.2, 0) is 15.2 Å². The molecule has 0 spiro atoms. The van der Waals surface area contributed by atoms with Crippen molar-refractivity contribution in [3.63, 3.8) is 0 Å². The average Bonchev–Trinajstić information content (AvgIpc) is 2.77. The van der Waals surface area contributed by atoms with Gasteiger partial charge in [0.2, 0.25) is 0 Å². The maximum atomic E-state index is 12.0. The van der Waals surface area contributed by atoms with Gasteiger partial charge in [-0.1, -0.05) is 49.1 Å². The van der Waals surface area contributed by atoms with Crippen LogP contribution in [0.2, 0.25) is 0 Å². The zero-order chi connectivity index (χ0) is 21.6. The summed E-state index contributed by atoms with van der Waals surface area (Å²) in [5.41, 5.74) is 2.45. The predicted molar refractivity (Wildman–Crippen MR) is 125 cm³/mol. The molecule has 0 radical (unpaired) electrons. The van der Waals surface area contributed by atoms with E-state index in [2.05, 4.69) is 30.8 Å². The number of ether oxygens (including phenoxy) is 2. The lowest BCUT2D eigenvalue weighted by Gasteiger charge is -2.07. The fourth-order valence-electron chi connectivity index (χ4n) is 2.50. The van der Waals surface area contributed by atoms with Crippen molar-refractivity contribution in [3.05, 3.63) is 77.4 Å². The number of carboxylic acid groups (broad SMARTS) is 1. The number of carboxylic acids is 1. The van der Waals surface area contributed by atoms with Crippen LogP contribution >= 0.6 is 23.5 Å². The number of carbonyl (C=O) groups excluding carboxylic acids is 1. The van der Waals surface area contributed by atoms with E-state index < -0.39 is 11.9 Å². The summed E-state index contributed by atoms with van der Waals surface area (Å²) in [6.45, 7) is 5.34. The van der Waals surface area contributed by atoms with Gasteiger partial charge >= 0.3 is 11.9 Å². The third kappa shape index (κ3) is 8.65. The zero-order valence-electron chi connectivity index (χ0n) is 16.7. The second-order valence-corrected chi connectivity index (χ2v) is 8.54. The highest BCUT2D eigenvalue weighted by molar-refractivity contribution is 7.99. The fourth-order valence-corrected chi connectivity index (χ4v) is 3.95. The number of benzene rings is 2. The molecule has 0 aromatic heterocycles. The first kappa shape index (κ1) is 24.1. The van der Waals surface area contributed by atoms with E-state index >= 15 is 0 Å². The van der Waals surface area contributed by atoms with E-state index in [1.807, 2.05) is 17.8 Å². The zero-order valence-corrected chi connectivity index (χ0v) is 18.4. The molecule has 160 valence electrons. The Labute approximate surface area is 185 Å². The number of carbonyl (C=O) groups is 2. The SMILES string of the molecule is C=Cc1ccc(CSCCOCCSCCOC(=O)c2ccccc2C(=O)O)cc1. The fraction of sp³-hybridized carbons (Fsp3) is 0.304. The minimum atomic E-state index is -1.14. The summed E-state index contributed by atoms with van der Waals surface area (Å²) >= 11 is 3.47. The van der Waals surface area contributed by atoms with Crippen LogP contribution in [0.25, 0.3) is 6.08 Å². The number of hydrogen-bond acceptors (Lipinski definition) is 6. The second kappa shape index (κ2) is 13.9. The van der Waals surface area contributed by atoms with Gasteiger partial charge in [-0.25, -0.2) is 9.59 Å². The molecule has 0 aliphatic heterocycles. The van der Waals surface area contributed by atoms with Crippen LogP contribution in [0.5, 0.6) is 0 Å². The van der Waals surface area contributed by atoms with Crippen molar-refractivity contribution < 1.29 is 24.2 Å². The monoisotopic (exact) mass is 446 g/mol. The van der Waals surface area contributed by atoms with E-state index in [-0.39, 0.29) is 17.7 Å². The first-order valence-electron chi connectivity index (χ1n) is 9.56. The summed E-state index contributed by atoms with van der Waals surface area (Å²) in [6.07, 6.45) is 1.84. The van der Waals surface area contributed by atoms with Crippen LogP contribution in [0.15, 0.2) is 55.1 Å². The van der Waals surface area contributed by atoms with Crippen LogP contribution in [0.3, 0.4) is 0 Å². The van der Waals surface area contributed by atoms with Crippen molar-refractivity contribution in [2.45, 2.75) is 5.75 Å². The van der Waals surface area contributed by atoms with Gasteiger partial charge in [0, 0.05) is 23.0 Å². The maximum Gasteiger partial charge on any atom is 0.339 e. The Kier molecular flexibility index (Phi) is 11.1. The molecule has 0 saturated heterocycles. The Morgan fingerprint density at radius 3 is 2.20 bits per heavy atom. The van der Waals surface area contributed by atoms with E-state index in [1.54, 1.807) is 23.9 Å². The molecule has 0 heterocycles. The third-order valence-electron chi connectivity index (χ3n) is 4.07. The number of aromatic carboxylic acids is 1. The van der Waals surface area contributed by atoms with Crippen LogP contribution in [-0.4, -0.2) is 54.1 Å². The van der Waals surface area contributed by atoms with Crippen molar-refractivity contribution in [3.8, 4) is 0 Å². The average molecular weight is 447 g/mol. The molecule has 30 heavy (non-hydrogen) atoms. The molecule has 0 fully saturated rings. The minimum Gasteiger partial charge on any atom is -0.478 e. The molecular formula is C23H26O5S2. The number of rotatable bonds is 14. The number of hydrogen-bond donors (Lipinski definition) is 1. The van der Waals surface area contributed by atoms with Gasteiger partial charge in [-0.05, 0) is 23.3 Å². The first-order valence-corrected chi connectivity index (χ1v) is 11.9. The van der Waals surface area contributed by atoms with Gasteiger partial charge in [0.05, 0.1) is 24.3 Å². The lowest BCUT2D eigenvalue weighted by molar-refractivity contribution is 0.0518. The first-order chi connectivity index (χ1) is 14.6. The van der Waals surface area contributed by atoms with E-state index in [1.165, 1.54) is 17.7 Å². The Hall–Kier alpha value is -2.22. The number of esters is 1. The molecule has 1 N–H and O–H groups in total. The quantitative estimate of drug-likeness (QED) is 0.328. The highest BCUT2D eigenvalue weighted by Crippen LogP contribution is 2.14. The summed E-state index contributed by atoms with van der Waals surface area (Å²) in [5.74, 6) is 1.61. The Morgan fingerprint density at radius 1 is 0.900 bits per heavy atom. The highest BCUT2D eigenvalue weighted by Gasteiger charge is 2.16. The van der Waals surface area contributed by atoms with Gasteiger partial charge in [0.1, 0.15) is 6.61 Å². The van der Waals surface area contributed by atoms with Crippen LogP contribution in [0, 0.1) is 0 Å². The van der Waals surface area contributed by atoms with Crippen molar-refractivity contribution in [2.24, 2.45) is 0 Å². The smallest absolute Gasteiger partial charge is 0.339 e. The van der Waals surface area contributed by atoms with Crippen LogP contribution in [0.4, 0.5) is 0 Å². The van der Waals surface area contributed by atoms with Crippen molar-refractivity contribution >= 4 is 41.5 Å². The summed E-state index contributed by atoms with van der Waals surface area (Å²) < 4.78 is 10.8. The topological polar surface area (TPSA) is 72.8 Å². The van der Waals surface area contributed by atoms with Crippen molar-refractivity contribution in [1.29, 1.82) is 0 Å². The van der Waals surface area contributed by atoms with Gasteiger partial charge in [-0.2, -0.15) is 23.5 Å². The largest absolute Gasteiger partial charge is 0.478 e. The molecule has 2 aromatic carbocycles. The Balaban J connectivity index is 1.47. The summed E-state index contributed by atoms with van der Waals surface area (Å²) in [6, 6.07) is 14.4. The van der Waals surface area contributed by atoms with Gasteiger partial charge in [0.15, 0.2) is 0 Å². The van der Waals surface area contributed by atoms with Crippen LogP contribution < -0.4 is 0 Å². The van der Waals surface area contributed by atoms with Crippen molar-refractivity contribution in [1.82, 2.24) is 0 Å². The maximum absolute atomic E-state index is 12.0. The normalized spacial score (nSPS) is 10.5. The highest BCUT2D eigenvalue weighted by atomic mass is 32.2. The van der Waals surface area contributed by atoms with E-state index in [0.29, 0.717) is 19.0 Å². The van der Waals surface area contributed by atoms with Gasteiger partial charge in [0.25, 0.3) is 0 Å². The van der Waals surface area contributed by atoms with Gasteiger partial charge in [-0.15, -0.1) is 0 Å². The molecule has 7 heteroatoms. The van der Waals surface area contributed by atoms with E-state index in [4.69, 9.17) is 14.6 Å². The summed E-state index contributed by atoms with van der Waals surface area (Å²) in [4.78, 5) is 23.1. The molecule has 5 nitrogen and oxygen atoms in total. The van der Waals surface area contributed by atoms with E-state index in [9.17, 15) is 9.59 Å². The molecule has 0 atom stereocenters. The van der Waals surface area contributed by atoms with Crippen molar-refractivity contribution in [2.75, 3.05) is 37.1 Å². The molecule has 0 unspecified atom stereocenters. The van der Waals surface area contributed by atoms with E-state index in [0.717, 1.165) is 22.8 Å². The molecular weight excluding hydrogens is 420 g/mol. The Bertz CT molecular complexity index is 821.